The van der Waals surface area contributed by atoms with Crippen molar-refractivity contribution in [2.24, 2.45) is 5.92 Å². The van der Waals surface area contributed by atoms with Gasteiger partial charge in [0.1, 0.15) is 0 Å². The van der Waals surface area contributed by atoms with E-state index in [1.807, 2.05) is 32.0 Å². The summed E-state index contributed by atoms with van der Waals surface area (Å²) in [5.41, 5.74) is 2.72. The zero-order valence-electron chi connectivity index (χ0n) is 16.6. The van der Waals surface area contributed by atoms with Gasteiger partial charge in [0.15, 0.2) is 9.84 Å². The number of carbonyl (C=O) groups is 2. The van der Waals surface area contributed by atoms with Crippen LogP contribution in [0.15, 0.2) is 18.2 Å². The number of nitrogens with zero attached hydrogens (tertiary/aromatic N) is 1. The molecule has 1 saturated heterocycles. The van der Waals surface area contributed by atoms with E-state index in [2.05, 4.69) is 5.32 Å². The molecule has 0 aliphatic carbocycles. The first-order chi connectivity index (χ1) is 12.6. The molecule has 7 heteroatoms. The lowest BCUT2D eigenvalue weighted by Crippen LogP contribution is -2.48. The van der Waals surface area contributed by atoms with Crippen molar-refractivity contribution >= 4 is 21.7 Å². The Labute approximate surface area is 162 Å². The van der Waals surface area contributed by atoms with Crippen LogP contribution in [0, 0.1) is 19.8 Å². The second kappa shape index (κ2) is 8.87. The zero-order chi connectivity index (χ0) is 20.2. The lowest BCUT2D eigenvalue weighted by atomic mass is 9.96. The molecular weight excluding hydrogens is 364 g/mol. The number of piperidine rings is 1. The van der Waals surface area contributed by atoms with Crippen molar-refractivity contribution in [2.75, 3.05) is 24.6 Å². The van der Waals surface area contributed by atoms with Crippen LogP contribution in [-0.2, 0) is 14.6 Å². The standard InChI is InChI=1S/C20H30N2O4S/c1-5-27(25,26)13-16(4)21-19(23)17-7-6-8-22(12-17)20(24)18-10-14(2)9-15(3)11-18/h9-11,16-17H,5-8,12-13H2,1-4H3,(H,21,23). The summed E-state index contributed by atoms with van der Waals surface area (Å²) in [6.07, 6.45) is 1.46. The number of nitrogens with one attached hydrogen (secondary N) is 1. The van der Waals surface area contributed by atoms with E-state index >= 15 is 0 Å². The predicted octanol–water partition coefficient (Wildman–Crippen LogP) is 2.10. The summed E-state index contributed by atoms with van der Waals surface area (Å²) in [6, 6.07) is 5.33. The molecule has 2 unspecified atom stereocenters. The number of amides is 2. The molecule has 2 rings (SSSR count). The molecule has 0 aromatic heterocycles. The minimum atomic E-state index is -3.14. The van der Waals surface area contributed by atoms with Crippen LogP contribution in [0.5, 0.6) is 0 Å². The van der Waals surface area contributed by atoms with Crippen LogP contribution >= 0.6 is 0 Å². The molecule has 27 heavy (non-hydrogen) atoms. The minimum Gasteiger partial charge on any atom is -0.352 e. The Morgan fingerprint density at radius 1 is 1.22 bits per heavy atom. The van der Waals surface area contributed by atoms with Crippen molar-refractivity contribution in [3.63, 3.8) is 0 Å². The fourth-order valence-corrected chi connectivity index (χ4v) is 4.64. The third kappa shape index (κ3) is 6.06. The van der Waals surface area contributed by atoms with Crippen LogP contribution in [0.3, 0.4) is 0 Å². The van der Waals surface area contributed by atoms with Crippen molar-refractivity contribution < 1.29 is 18.0 Å². The van der Waals surface area contributed by atoms with E-state index in [1.54, 1.807) is 18.7 Å². The summed E-state index contributed by atoms with van der Waals surface area (Å²) < 4.78 is 23.4. The number of hydrogen-bond acceptors (Lipinski definition) is 4. The van der Waals surface area contributed by atoms with Crippen LogP contribution in [0.25, 0.3) is 0 Å². The van der Waals surface area contributed by atoms with Crippen molar-refractivity contribution in [2.45, 2.75) is 46.6 Å². The first kappa shape index (κ1) is 21.4. The highest BCUT2D eigenvalue weighted by atomic mass is 32.2. The smallest absolute Gasteiger partial charge is 0.253 e. The maximum atomic E-state index is 12.8. The SMILES string of the molecule is CCS(=O)(=O)CC(C)NC(=O)C1CCCN(C(=O)c2cc(C)cc(C)c2)C1. The number of benzene rings is 1. The Kier molecular flexibility index (Phi) is 7.03. The number of likely N-dealkylation sites (tertiary alicyclic amines) is 1. The normalized spacial score (nSPS) is 18.8. The first-order valence-electron chi connectivity index (χ1n) is 9.49. The molecule has 6 nitrogen and oxygen atoms in total. The quantitative estimate of drug-likeness (QED) is 0.801. The van der Waals surface area contributed by atoms with Crippen LogP contribution in [-0.4, -0.2) is 55.8 Å². The summed E-state index contributed by atoms with van der Waals surface area (Å²) in [4.78, 5) is 27.1. The summed E-state index contributed by atoms with van der Waals surface area (Å²) in [6.45, 7) is 8.22. The summed E-state index contributed by atoms with van der Waals surface area (Å²) >= 11 is 0. The molecule has 1 aliphatic heterocycles. The van der Waals surface area contributed by atoms with Gasteiger partial charge in [-0.25, -0.2) is 8.42 Å². The van der Waals surface area contributed by atoms with Gasteiger partial charge < -0.3 is 10.2 Å². The lowest BCUT2D eigenvalue weighted by molar-refractivity contribution is -0.126. The molecular formula is C20H30N2O4S. The molecule has 1 aromatic rings. The minimum absolute atomic E-state index is 0.0547. The Bertz CT molecular complexity index is 784. The van der Waals surface area contributed by atoms with E-state index < -0.39 is 15.9 Å². The van der Waals surface area contributed by atoms with Gasteiger partial charge in [-0.15, -0.1) is 0 Å². The maximum Gasteiger partial charge on any atom is 0.253 e. The largest absolute Gasteiger partial charge is 0.352 e. The van der Waals surface area contributed by atoms with Gasteiger partial charge in [-0.2, -0.15) is 0 Å². The second-order valence-corrected chi connectivity index (χ2v) is 9.97. The number of sulfone groups is 1. The predicted molar refractivity (Wildman–Crippen MR) is 106 cm³/mol. The monoisotopic (exact) mass is 394 g/mol. The molecule has 1 aromatic carbocycles. The Hall–Kier alpha value is -1.89. The first-order valence-corrected chi connectivity index (χ1v) is 11.3. The molecule has 0 saturated carbocycles. The van der Waals surface area contributed by atoms with Crippen molar-refractivity contribution in [3.8, 4) is 0 Å². The van der Waals surface area contributed by atoms with Gasteiger partial charge in [0.2, 0.25) is 5.91 Å². The summed E-state index contributed by atoms with van der Waals surface area (Å²) in [5, 5.41) is 2.80. The van der Waals surface area contributed by atoms with Gasteiger partial charge in [-0.3, -0.25) is 9.59 Å². The molecule has 1 N–H and O–H groups in total. The van der Waals surface area contributed by atoms with Gasteiger partial charge >= 0.3 is 0 Å². The molecule has 1 aliphatic rings. The summed E-state index contributed by atoms with van der Waals surface area (Å²) in [7, 11) is -3.14. The molecule has 2 amide bonds. The van der Waals surface area contributed by atoms with Gasteiger partial charge in [0, 0.05) is 30.4 Å². The van der Waals surface area contributed by atoms with E-state index in [1.165, 1.54) is 0 Å². The second-order valence-electron chi connectivity index (χ2n) is 7.58. The molecule has 1 fully saturated rings. The van der Waals surface area contributed by atoms with Gasteiger partial charge in [-0.1, -0.05) is 24.1 Å². The highest BCUT2D eigenvalue weighted by molar-refractivity contribution is 7.91. The molecule has 0 spiro atoms. The average Bonchev–Trinajstić information content (AvgIpc) is 2.59. The molecule has 0 bridgehead atoms. The zero-order valence-corrected chi connectivity index (χ0v) is 17.4. The van der Waals surface area contributed by atoms with E-state index in [0.717, 1.165) is 17.5 Å². The van der Waals surface area contributed by atoms with E-state index in [-0.39, 0.29) is 29.2 Å². The number of aryl methyl sites for hydroxylation is 2. The Morgan fingerprint density at radius 2 is 1.85 bits per heavy atom. The average molecular weight is 395 g/mol. The van der Waals surface area contributed by atoms with Gasteiger partial charge in [0.25, 0.3) is 5.91 Å². The molecule has 1 heterocycles. The third-order valence-electron chi connectivity index (χ3n) is 4.88. The fraction of sp³-hybridized carbons (Fsp3) is 0.600. The van der Waals surface area contributed by atoms with Crippen molar-refractivity contribution in [1.29, 1.82) is 0 Å². The van der Waals surface area contributed by atoms with Crippen molar-refractivity contribution in [1.82, 2.24) is 10.2 Å². The third-order valence-corrected chi connectivity index (χ3v) is 6.77. The number of hydrogen-bond donors (Lipinski definition) is 1. The molecule has 0 radical (unpaired) electrons. The van der Waals surface area contributed by atoms with Gasteiger partial charge in [-0.05, 0) is 45.7 Å². The Balaban J connectivity index is 2.00. The van der Waals surface area contributed by atoms with E-state index in [4.69, 9.17) is 0 Å². The van der Waals surface area contributed by atoms with Crippen LogP contribution in [0.2, 0.25) is 0 Å². The van der Waals surface area contributed by atoms with Crippen LogP contribution in [0.1, 0.15) is 48.2 Å². The maximum absolute atomic E-state index is 12.8. The van der Waals surface area contributed by atoms with E-state index in [0.29, 0.717) is 25.1 Å². The molecule has 2 atom stereocenters. The summed E-state index contributed by atoms with van der Waals surface area (Å²) in [5.74, 6) is -0.532. The van der Waals surface area contributed by atoms with Gasteiger partial charge in [0.05, 0.1) is 11.7 Å². The number of rotatable bonds is 6. The Morgan fingerprint density at radius 3 is 2.44 bits per heavy atom. The van der Waals surface area contributed by atoms with E-state index in [9.17, 15) is 18.0 Å². The van der Waals surface area contributed by atoms with Crippen LogP contribution in [0.4, 0.5) is 0 Å². The lowest BCUT2D eigenvalue weighted by Gasteiger charge is -2.32. The molecule has 150 valence electrons. The van der Waals surface area contributed by atoms with Crippen LogP contribution < -0.4 is 5.32 Å². The topological polar surface area (TPSA) is 83.6 Å². The van der Waals surface area contributed by atoms with Crippen molar-refractivity contribution in [3.05, 3.63) is 34.9 Å². The fourth-order valence-electron chi connectivity index (χ4n) is 3.56. The highest BCUT2D eigenvalue weighted by Crippen LogP contribution is 2.20. The number of carbonyl (C=O) groups excluding carboxylic acids is 2. The highest BCUT2D eigenvalue weighted by Gasteiger charge is 2.30.